The molecule has 0 bridgehead atoms. The van der Waals surface area contributed by atoms with Crippen LogP contribution in [-0.4, -0.2) is 25.3 Å². The fourth-order valence-electron chi connectivity index (χ4n) is 1.89. The summed E-state index contributed by atoms with van der Waals surface area (Å²) in [5.41, 5.74) is 2.41. The third-order valence-corrected chi connectivity index (χ3v) is 3.32. The summed E-state index contributed by atoms with van der Waals surface area (Å²) in [6.07, 6.45) is 6.59. The quantitative estimate of drug-likeness (QED) is 0.468. The van der Waals surface area contributed by atoms with Crippen molar-refractivity contribution in [2.75, 3.05) is 18.5 Å². The fourth-order valence-corrected chi connectivity index (χ4v) is 2.08. The van der Waals surface area contributed by atoms with Crippen LogP contribution in [0, 0.1) is 19.3 Å². The highest BCUT2D eigenvalue weighted by Gasteiger charge is 2.04. The van der Waals surface area contributed by atoms with E-state index in [9.17, 15) is 4.79 Å². The van der Waals surface area contributed by atoms with Crippen molar-refractivity contribution in [3.8, 4) is 18.1 Å². The minimum Gasteiger partial charge on any atom is -0.480 e. The maximum absolute atomic E-state index is 11.8. The number of anilines is 1. The van der Waals surface area contributed by atoms with Gasteiger partial charge >= 0.3 is 0 Å². The minimum absolute atomic E-state index is 0.127. The summed E-state index contributed by atoms with van der Waals surface area (Å²) in [7, 11) is 0. The van der Waals surface area contributed by atoms with Gasteiger partial charge < -0.3 is 14.9 Å². The van der Waals surface area contributed by atoms with Crippen molar-refractivity contribution in [3.05, 3.63) is 58.6 Å². The van der Waals surface area contributed by atoms with Crippen molar-refractivity contribution < 1.29 is 14.4 Å². The molecule has 0 aliphatic carbocycles. The molecule has 0 spiro atoms. The number of amides is 1. The number of rotatable bonds is 7. The Morgan fingerprint density at radius 3 is 2.80 bits per heavy atom. The number of carbonyl (C=O) groups is 1. The van der Waals surface area contributed by atoms with Crippen LogP contribution in [0.25, 0.3) is 0 Å². The molecule has 0 aromatic heterocycles. The molecule has 2 aromatic carbocycles. The molecule has 1 N–H and O–H groups in total. The number of halogens is 1. The van der Waals surface area contributed by atoms with E-state index in [0.717, 1.165) is 5.56 Å². The maximum Gasteiger partial charge on any atom is 0.265 e. The van der Waals surface area contributed by atoms with Gasteiger partial charge in [0.05, 0.1) is 6.21 Å². The molecule has 2 rings (SSSR count). The van der Waals surface area contributed by atoms with Crippen molar-refractivity contribution in [3.63, 3.8) is 0 Å². The summed E-state index contributed by atoms with van der Waals surface area (Å²) in [6.45, 7) is 1.88. The van der Waals surface area contributed by atoms with Crippen LogP contribution in [0.4, 0.5) is 5.69 Å². The van der Waals surface area contributed by atoms with E-state index < -0.39 is 0 Å². The van der Waals surface area contributed by atoms with Crippen LogP contribution in [0.5, 0.6) is 5.75 Å². The number of carbonyl (C=O) groups excluding carboxylic acids is 1. The molecule has 0 aliphatic rings. The molecule has 1 amide bonds. The molecule has 0 aliphatic heterocycles. The lowest BCUT2D eigenvalue weighted by molar-refractivity contribution is -0.120. The Bertz CT molecular complexity index is 795. The van der Waals surface area contributed by atoms with E-state index >= 15 is 0 Å². The molecule has 0 atom stereocenters. The monoisotopic (exact) mass is 356 g/mol. The highest BCUT2D eigenvalue weighted by molar-refractivity contribution is 6.30. The first-order chi connectivity index (χ1) is 12.1. The van der Waals surface area contributed by atoms with E-state index in [-0.39, 0.29) is 19.1 Å². The number of hydrogen-bond acceptors (Lipinski definition) is 4. The Balaban J connectivity index is 1.88. The van der Waals surface area contributed by atoms with E-state index in [1.165, 1.54) is 6.21 Å². The largest absolute Gasteiger partial charge is 0.480 e. The Morgan fingerprint density at radius 2 is 2.08 bits per heavy atom. The van der Waals surface area contributed by atoms with Crippen molar-refractivity contribution in [1.29, 1.82) is 0 Å². The number of benzene rings is 2. The highest BCUT2D eigenvalue weighted by Crippen LogP contribution is 2.21. The second-order valence-corrected chi connectivity index (χ2v) is 5.53. The van der Waals surface area contributed by atoms with E-state index in [1.54, 1.807) is 18.2 Å². The highest BCUT2D eigenvalue weighted by atomic mass is 35.5. The number of aryl methyl sites for hydroxylation is 1. The van der Waals surface area contributed by atoms with Crippen LogP contribution in [0.2, 0.25) is 5.02 Å². The Kier molecular flexibility index (Phi) is 6.87. The first-order valence-electron chi connectivity index (χ1n) is 7.46. The van der Waals surface area contributed by atoms with E-state index in [1.807, 2.05) is 31.2 Å². The van der Waals surface area contributed by atoms with Crippen LogP contribution in [0.3, 0.4) is 0 Å². The van der Waals surface area contributed by atoms with E-state index in [2.05, 4.69) is 16.4 Å². The van der Waals surface area contributed by atoms with Crippen molar-refractivity contribution in [1.82, 2.24) is 0 Å². The van der Waals surface area contributed by atoms with Gasteiger partial charge in [-0.2, -0.15) is 0 Å². The lowest BCUT2D eigenvalue weighted by Gasteiger charge is -2.07. The summed E-state index contributed by atoms with van der Waals surface area (Å²) >= 11 is 5.95. The standard InChI is InChI=1S/C19H17ClN2O3/c1-3-10-24-18-9-6-16(20)11-15(18)12-21-25-13-19(23)22-17-7-4-14(2)5-8-17/h1,4-9,11-12H,10,13H2,2H3,(H,22,23)/b21-12+. The topological polar surface area (TPSA) is 59.9 Å². The van der Waals surface area contributed by atoms with Gasteiger partial charge in [0, 0.05) is 16.3 Å². The first kappa shape index (κ1) is 18.4. The van der Waals surface area contributed by atoms with Crippen LogP contribution in [-0.2, 0) is 9.63 Å². The predicted molar refractivity (Wildman–Crippen MR) is 99.1 cm³/mol. The zero-order valence-electron chi connectivity index (χ0n) is 13.7. The molecule has 2 aromatic rings. The Hall–Kier alpha value is -2.97. The Morgan fingerprint density at radius 1 is 1.32 bits per heavy atom. The summed E-state index contributed by atoms with van der Waals surface area (Å²) in [5.74, 6) is 2.60. The number of nitrogens with one attached hydrogen (secondary N) is 1. The van der Waals surface area contributed by atoms with Crippen molar-refractivity contribution in [2.24, 2.45) is 5.16 Å². The smallest absolute Gasteiger partial charge is 0.265 e. The van der Waals surface area contributed by atoms with Gasteiger partial charge in [-0.15, -0.1) is 6.42 Å². The third kappa shape index (κ3) is 6.21. The first-order valence-corrected chi connectivity index (χ1v) is 7.84. The van der Waals surface area contributed by atoms with Gasteiger partial charge in [0.1, 0.15) is 12.4 Å². The average molecular weight is 357 g/mol. The zero-order valence-corrected chi connectivity index (χ0v) is 14.4. The molecule has 25 heavy (non-hydrogen) atoms. The average Bonchev–Trinajstić information content (AvgIpc) is 2.60. The maximum atomic E-state index is 11.8. The molecule has 6 heteroatoms. The zero-order chi connectivity index (χ0) is 18.1. The second kappa shape index (κ2) is 9.36. The second-order valence-electron chi connectivity index (χ2n) is 5.10. The normalized spacial score (nSPS) is 10.3. The predicted octanol–water partition coefficient (Wildman–Crippen LogP) is 3.65. The molecular weight excluding hydrogens is 340 g/mol. The minimum atomic E-state index is -0.309. The Labute approximate surface area is 151 Å². The third-order valence-electron chi connectivity index (χ3n) is 3.08. The molecular formula is C19H17ClN2O3. The van der Waals surface area contributed by atoms with Gasteiger partial charge in [-0.1, -0.05) is 40.4 Å². The van der Waals surface area contributed by atoms with Crippen LogP contribution in [0.15, 0.2) is 47.6 Å². The number of hydrogen-bond donors (Lipinski definition) is 1. The SMILES string of the molecule is C#CCOc1ccc(Cl)cc1/C=N/OCC(=O)Nc1ccc(C)cc1. The lowest BCUT2D eigenvalue weighted by Crippen LogP contribution is -2.16. The summed E-state index contributed by atoms with van der Waals surface area (Å²) < 4.78 is 5.39. The molecule has 0 heterocycles. The number of ether oxygens (including phenoxy) is 1. The van der Waals surface area contributed by atoms with Gasteiger partial charge in [-0.25, -0.2) is 0 Å². The van der Waals surface area contributed by atoms with Crippen LogP contribution < -0.4 is 10.1 Å². The summed E-state index contributed by atoms with van der Waals surface area (Å²) in [4.78, 5) is 16.8. The molecule has 128 valence electrons. The number of terminal acetylenes is 1. The number of nitrogens with zero attached hydrogens (tertiary/aromatic N) is 1. The van der Waals surface area contributed by atoms with Gasteiger partial charge in [-0.05, 0) is 37.3 Å². The molecule has 0 saturated heterocycles. The molecule has 0 radical (unpaired) electrons. The number of oxime groups is 1. The van der Waals surface area contributed by atoms with Crippen molar-refractivity contribution in [2.45, 2.75) is 6.92 Å². The molecule has 0 saturated carbocycles. The summed E-state index contributed by atoms with van der Waals surface area (Å²) in [6, 6.07) is 12.5. The molecule has 5 nitrogen and oxygen atoms in total. The fraction of sp³-hybridized carbons (Fsp3) is 0.158. The van der Waals surface area contributed by atoms with Gasteiger partial charge in [0.25, 0.3) is 5.91 Å². The van der Waals surface area contributed by atoms with Crippen LogP contribution in [0.1, 0.15) is 11.1 Å². The molecule has 0 fully saturated rings. The van der Waals surface area contributed by atoms with Crippen molar-refractivity contribution >= 4 is 29.4 Å². The van der Waals surface area contributed by atoms with E-state index in [4.69, 9.17) is 27.6 Å². The van der Waals surface area contributed by atoms with Gasteiger partial charge in [0.15, 0.2) is 6.61 Å². The lowest BCUT2D eigenvalue weighted by atomic mass is 10.2. The summed E-state index contributed by atoms with van der Waals surface area (Å²) in [5, 5.41) is 7.00. The molecule has 0 unspecified atom stereocenters. The van der Waals surface area contributed by atoms with Crippen LogP contribution >= 0.6 is 11.6 Å². The van der Waals surface area contributed by atoms with Gasteiger partial charge in [-0.3, -0.25) is 4.79 Å². The van der Waals surface area contributed by atoms with Gasteiger partial charge in [0.2, 0.25) is 0 Å². The van der Waals surface area contributed by atoms with E-state index in [0.29, 0.717) is 22.0 Å².